The number of ether oxygens (including phenoxy) is 1. The van der Waals surface area contributed by atoms with Crippen LogP contribution in [0.25, 0.3) is 0 Å². The summed E-state index contributed by atoms with van der Waals surface area (Å²) >= 11 is 5.98. The molecule has 0 aliphatic carbocycles. The van der Waals surface area contributed by atoms with Crippen LogP contribution in [0.15, 0.2) is 22.9 Å². The van der Waals surface area contributed by atoms with Crippen LogP contribution in [-0.4, -0.2) is 5.60 Å². The highest BCUT2D eigenvalue weighted by Crippen LogP contribution is 2.34. The van der Waals surface area contributed by atoms with E-state index in [0.717, 1.165) is 23.6 Å². The van der Waals surface area contributed by atoms with E-state index in [4.69, 9.17) is 16.3 Å². The minimum Gasteiger partial charge on any atom is -0.491 e. The van der Waals surface area contributed by atoms with Gasteiger partial charge in [-0.2, -0.15) is 0 Å². The van der Waals surface area contributed by atoms with Crippen LogP contribution in [0.5, 0.6) is 0 Å². The lowest BCUT2D eigenvalue weighted by Crippen LogP contribution is -2.15. The molecule has 0 bridgehead atoms. The summed E-state index contributed by atoms with van der Waals surface area (Å²) in [6.07, 6.45) is 5.80. The average Bonchev–Trinajstić information content (AvgIpc) is 2.31. The zero-order chi connectivity index (χ0) is 9.19. The van der Waals surface area contributed by atoms with Crippen molar-refractivity contribution in [2.24, 2.45) is 0 Å². The van der Waals surface area contributed by atoms with Crippen molar-refractivity contribution in [3.63, 3.8) is 0 Å². The highest BCUT2D eigenvalue weighted by molar-refractivity contribution is 6.31. The van der Waals surface area contributed by atoms with Crippen LogP contribution in [0, 0.1) is 0 Å². The molecule has 1 nitrogen and oxygen atoms in total. The third kappa shape index (κ3) is 2.28. The van der Waals surface area contributed by atoms with Gasteiger partial charge in [0.25, 0.3) is 0 Å². The predicted molar refractivity (Wildman–Crippen MR) is 52.1 cm³/mol. The predicted octanol–water partition coefficient (Wildman–Crippen LogP) is 3.60. The molecule has 0 aromatic carbocycles. The molecule has 1 aliphatic rings. The van der Waals surface area contributed by atoms with E-state index >= 15 is 0 Å². The first-order valence-corrected chi connectivity index (χ1v) is 4.63. The van der Waals surface area contributed by atoms with E-state index in [-0.39, 0.29) is 5.60 Å². The van der Waals surface area contributed by atoms with Crippen LogP contribution in [0.2, 0.25) is 0 Å². The second kappa shape index (κ2) is 3.53. The Morgan fingerprint density at radius 2 is 2.25 bits per heavy atom. The molecule has 0 amide bonds. The Balaban J connectivity index is 2.74. The lowest BCUT2D eigenvalue weighted by Gasteiger charge is -2.17. The van der Waals surface area contributed by atoms with Gasteiger partial charge in [0.1, 0.15) is 11.4 Å². The number of hydrogen-bond donors (Lipinski definition) is 0. The lowest BCUT2D eigenvalue weighted by atomic mass is 10.1. The van der Waals surface area contributed by atoms with Crippen LogP contribution in [0.3, 0.4) is 0 Å². The molecule has 0 unspecified atom stereocenters. The van der Waals surface area contributed by atoms with E-state index in [2.05, 4.69) is 13.8 Å². The number of halogens is 1. The molecule has 1 heterocycles. The first-order valence-electron chi connectivity index (χ1n) is 4.25. The van der Waals surface area contributed by atoms with Gasteiger partial charge in [-0.3, -0.25) is 0 Å². The van der Waals surface area contributed by atoms with Crippen molar-refractivity contribution in [3.8, 4) is 0 Å². The van der Waals surface area contributed by atoms with Gasteiger partial charge in [0.05, 0.1) is 5.03 Å². The smallest absolute Gasteiger partial charge is 0.115 e. The summed E-state index contributed by atoms with van der Waals surface area (Å²) in [5.74, 6) is 0.930. The maximum Gasteiger partial charge on any atom is 0.115 e. The number of hydrogen-bond acceptors (Lipinski definition) is 1. The van der Waals surface area contributed by atoms with Crippen molar-refractivity contribution in [1.29, 1.82) is 0 Å². The number of allylic oxidation sites excluding steroid dienone is 4. The topological polar surface area (TPSA) is 9.23 Å². The Kier molecular flexibility index (Phi) is 2.84. The highest BCUT2D eigenvalue weighted by atomic mass is 35.5. The highest BCUT2D eigenvalue weighted by Gasteiger charge is 2.29. The van der Waals surface area contributed by atoms with E-state index < -0.39 is 0 Å². The second-order valence-corrected chi connectivity index (χ2v) is 4.04. The maximum atomic E-state index is 5.98. The summed E-state index contributed by atoms with van der Waals surface area (Å²) in [7, 11) is 0. The Labute approximate surface area is 79.1 Å². The standard InChI is InChI=1S/C10H15ClO/c1-4-5-8(11)9-6-7-10(2,3)12-9/h4-5H,6-7H2,1-3H3/b5-4-,9-8-. The zero-order valence-corrected chi connectivity index (χ0v) is 8.61. The quantitative estimate of drug-likeness (QED) is 0.608. The third-order valence-electron chi connectivity index (χ3n) is 1.93. The number of rotatable bonds is 1. The van der Waals surface area contributed by atoms with Crippen molar-refractivity contribution in [3.05, 3.63) is 22.9 Å². The summed E-state index contributed by atoms with van der Waals surface area (Å²) in [5, 5.41) is 0.739. The molecule has 0 atom stereocenters. The maximum absolute atomic E-state index is 5.98. The zero-order valence-electron chi connectivity index (χ0n) is 7.86. The first kappa shape index (κ1) is 9.66. The normalized spacial score (nSPS) is 26.0. The van der Waals surface area contributed by atoms with Crippen molar-refractivity contribution >= 4 is 11.6 Å². The molecular formula is C10H15ClO. The monoisotopic (exact) mass is 186 g/mol. The molecule has 1 aliphatic heterocycles. The summed E-state index contributed by atoms with van der Waals surface area (Å²) in [5.41, 5.74) is -0.0307. The fourth-order valence-electron chi connectivity index (χ4n) is 1.26. The van der Waals surface area contributed by atoms with E-state index in [1.54, 1.807) is 0 Å². The molecule has 68 valence electrons. The molecule has 0 N–H and O–H groups in total. The van der Waals surface area contributed by atoms with Gasteiger partial charge >= 0.3 is 0 Å². The molecule has 0 aromatic rings. The summed E-state index contributed by atoms with van der Waals surface area (Å²) in [6, 6.07) is 0. The molecule has 2 heteroatoms. The molecule has 0 spiro atoms. The Morgan fingerprint density at radius 1 is 1.58 bits per heavy atom. The van der Waals surface area contributed by atoms with Crippen LogP contribution < -0.4 is 0 Å². The summed E-state index contributed by atoms with van der Waals surface area (Å²) in [6.45, 7) is 6.11. The van der Waals surface area contributed by atoms with Crippen molar-refractivity contribution in [2.75, 3.05) is 0 Å². The molecular weight excluding hydrogens is 172 g/mol. The largest absolute Gasteiger partial charge is 0.491 e. The second-order valence-electron chi connectivity index (χ2n) is 3.63. The molecule has 12 heavy (non-hydrogen) atoms. The molecule has 1 fully saturated rings. The Morgan fingerprint density at radius 3 is 2.67 bits per heavy atom. The van der Waals surface area contributed by atoms with Crippen LogP contribution in [-0.2, 0) is 4.74 Å². The minimum absolute atomic E-state index is 0.0307. The van der Waals surface area contributed by atoms with Gasteiger partial charge in [0, 0.05) is 6.42 Å². The lowest BCUT2D eigenvalue weighted by molar-refractivity contribution is 0.0762. The van der Waals surface area contributed by atoms with Gasteiger partial charge in [-0.25, -0.2) is 0 Å². The van der Waals surface area contributed by atoms with Gasteiger partial charge in [-0.1, -0.05) is 17.7 Å². The van der Waals surface area contributed by atoms with Gasteiger partial charge in [-0.15, -0.1) is 0 Å². The van der Waals surface area contributed by atoms with E-state index in [0.29, 0.717) is 0 Å². The van der Waals surface area contributed by atoms with Gasteiger partial charge in [0.15, 0.2) is 0 Å². The van der Waals surface area contributed by atoms with E-state index in [1.165, 1.54) is 0 Å². The van der Waals surface area contributed by atoms with Gasteiger partial charge in [0.2, 0.25) is 0 Å². The summed E-state index contributed by atoms with van der Waals surface area (Å²) < 4.78 is 5.66. The van der Waals surface area contributed by atoms with Crippen molar-refractivity contribution in [2.45, 2.75) is 39.2 Å². The van der Waals surface area contributed by atoms with Gasteiger partial charge in [-0.05, 0) is 33.3 Å². The van der Waals surface area contributed by atoms with Crippen molar-refractivity contribution in [1.82, 2.24) is 0 Å². The van der Waals surface area contributed by atoms with E-state index in [9.17, 15) is 0 Å². The van der Waals surface area contributed by atoms with Crippen molar-refractivity contribution < 1.29 is 4.74 Å². The SMILES string of the molecule is C/C=C\C(Cl)=C1/CCC(C)(C)O1. The molecule has 0 saturated carbocycles. The Hall–Kier alpha value is -0.430. The van der Waals surface area contributed by atoms with E-state index in [1.807, 2.05) is 19.1 Å². The van der Waals surface area contributed by atoms with Gasteiger partial charge < -0.3 is 4.74 Å². The third-order valence-corrected chi connectivity index (χ3v) is 2.27. The fraction of sp³-hybridized carbons (Fsp3) is 0.600. The fourth-order valence-corrected chi connectivity index (χ4v) is 1.52. The van der Waals surface area contributed by atoms with Crippen LogP contribution in [0.1, 0.15) is 33.6 Å². The molecule has 0 aromatic heterocycles. The molecule has 1 saturated heterocycles. The van der Waals surface area contributed by atoms with Crippen LogP contribution >= 0.6 is 11.6 Å². The molecule has 0 radical (unpaired) electrons. The summed E-state index contributed by atoms with van der Waals surface area (Å²) in [4.78, 5) is 0. The Bertz CT molecular complexity index is 226. The van der Waals surface area contributed by atoms with Crippen LogP contribution in [0.4, 0.5) is 0 Å². The average molecular weight is 187 g/mol. The minimum atomic E-state index is -0.0307. The molecule has 1 rings (SSSR count). The first-order chi connectivity index (χ1) is 5.55.